The molecule has 3 fully saturated rings. The highest BCUT2D eigenvalue weighted by molar-refractivity contribution is 5.14. The Kier molecular flexibility index (Phi) is 5.69. The maximum Gasteiger partial charge on any atom is 0.0886 e. The van der Waals surface area contributed by atoms with Gasteiger partial charge >= 0.3 is 0 Å². The van der Waals surface area contributed by atoms with Gasteiger partial charge in [0, 0.05) is 6.42 Å². The summed E-state index contributed by atoms with van der Waals surface area (Å²) in [7, 11) is 0. The fraction of sp³-hybridized carbons (Fsp3) is 0.926. The number of hydrogen-bond donors (Lipinski definition) is 1. The van der Waals surface area contributed by atoms with Crippen molar-refractivity contribution in [1.82, 2.24) is 0 Å². The molecule has 0 aromatic heterocycles. The number of fused-ring (bicyclic) bond motifs is 5. The summed E-state index contributed by atoms with van der Waals surface area (Å²) in [5.41, 5.74) is 1.06. The van der Waals surface area contributed by atoms with Crippen LogP contribution in [0.5, 0.6) is 0 Å². The Morgan fingerprint density at radius 2 is 1.71 bits per heavy atom. The third-order valence-corrected chi connectivity index (χ3v) is 10.5. The molecule has 0 aromatic rings. The van der Waals surface area contributed by atoms with Gasteiger partial charge in [-0.1, -0.05) is 53.9 Å². The van der Waals surface area contributed by atoms with Crippen LogP contribution in [0.2, 0.25) is 0 Å². The number of aliphatic hydroxyl groups is 1. The van der Waals surface area contributed by atoms with E-state index >= 15 is 0 Å². The van der Waals surface area contributed by atoms with Crippen LogP contribution in [0.4, 0.5) is 0 Å². The average molecular weight is 387 g/mol. The predicted octanol–water partition coefficient (Wildman–Crippen LogP) is 8.16. The Morgan fingerprint density at radius 3 is 2.46 bits per heavy atom. The number of hydrogen-bond acceptors (Lipinski definition) is 1. The number of aliphatic hydroxyl groups excluding tert-OH is 1. The number of allylic oxidation sites excluding steroid dienone is 2. The summed E-state index contributed by atoms with van der Waals surface area (Å²) in [5, 5.41) is 10.1. The summed E-state index contributed by atoms with van der Waals surface area (Å²) in [6, 6.07) is 0. The van der Waals surface area contributed by atoms with Crippen LogP contribution in [0.15, 0.2) is 11.8 Å². The van der Waals surface area contributed by atoms with Gasteiger partial charge in [-0.15, -0.1) is 0 Å². The molecule has 4 aliphatic rings. The predicted molar refractivity (Wildman–Crippen MR) is 119 cm³/mol. The minimum Gasteiger partial charge on any atom is -0.513 e. The van der Waals surface area contributed by atoms with Crippen LogP contribution in [-0.4, -0.2) is 5.11 Å². The van der Waals surface area contributed by atoms with Crippen LogP contribution in [0.1, 0.15) is 105 Å². The molecule has 1 nitrogen and oxygen atoms in total. The van der Waals surface area contributed by atoms with E-state index in [2.05, 4.69) is 40.7 Å². The van der Waals surface area contributed by atoms with E-state index in [1.165, 1.54) is 57.8 Å². The Morgan fingerprint density at radius 1 is 0.964 bits per heavy atom. The minimum atomic E-state index is 0.456. The van der Waals surface area contributed by atoms with Crippen molar-refractivity contribution in [2.24, 2.45) is 52.3 Å². The number of rotatable bonds is 5. The normalized spacial score (nSPS) is 46.5. The molecule has 4 rings (SSSR count). The van der Waals surface area contributed by atoms with Crippen LogP contribution < -0.4 is 0 Å². The largest absolute Gasteiger partial charge is 0.513 e. The van der Waals surface area contributed by atoms with Crippen LogP contribution in [0.3, 0.4) is 0 Å². The zero-order chi connectivity index (χ0) is 20.1. The van der Waals surface area contributed by atoms with E-state index in [9.17, 15) is 5.11 Å². The van der Waals surface area contributed by atoms with E-state index < -0.39 is 0 Å². The average Bonchev–Trinajstić information content (AvgIpc) is 2.99. The third kappa shape index (κ3) is 3.37. The van der Waals surface area contributed by atoms with Gasteiger partial charge in [0.1, 0.15) is 0 Å². The van der Waals surface area contributed by atoms with Gasteiger partial charge in [-0.2, -0.15) is 0 Å². The molecule has 0 aliphatic heterocycles. The second-order valence-corrected chi connectivity index (χ2v) is 12.3. The molecule has 0 saturated heterocycles. The summed E-state index contributed by atoms with van der Waals surface area (Å²) < 4.78 is 0. The molecule has 0 bridgehead atoms. The van der Waals surface area contributed by atoms with Gasteiger partial charge in [-0.3, -0.25) is 0 Å². The molecule has 2 unspecified atom stereocenters. The van der Waals surface area contributed by atoms with Gasteiger partial charge in [0.15, 0.2) is 0 Å². The van der Waals surface area contributed by atoms with E-state index in [4.69, 9.17) is 0 Å². The first-order chi connectivity index (χ1) is 13.3. The summed E-state index contributed by atoms with van der Waals surface area (Å²) >= 11 is 0. The van der Waals surface area contributed by atoms with Crippen molar-refractivity contribution < 1.29 is 5.11 Å². The first-order valence-electron chi connectivity index (χ1n) is 12.6. The van der Waals surface area contributed by atoms with E-state index in [1.54, 1.807) is 0 Å². The van der Waals surface area contributed by atoms with Crippen molar-refractivity contribution in [1.29, 1.82) is 0 Å². The minimum absolute atomic E-state index is 0.456. The van der Waals surface area contributed by atoms with E-state index in [-0.39, 0.29) is 0 Å². The highest BCUT2D eigenvalue weighted by atomic mass is 16.3. The molecule has 0 heterocycles. The molecule has 0 aromatic carbocycles. The Balaban J connectivity index is 1.48. The fourth-order valence-corrected chi connectivity index (χ4v) is 8.89. The van der Waals surface area contributed by atoms with Crippen LogP contribution in [-0.2, 0) is 0 Å². The molecule has 28 heavy (non-hydrogen) atoms. The fourth-order valence-electron chi connectivity index (χ4n) is 8.89. The second-order valence-electron chi connectivity index (χ2n) is 12.3. The van der Waals surface area contributed by atoms with Crippen molar-refractivity contribution in [3.63, 3.8) is 0 Å². The monoisotopic (exact) mass is 386 g/mol. The van der Waals surface area contributed by atoms with E-state index in [0.29, 0.717) is 16.6 Å². The van der Waals surface area contributed by atoms with Crippen LogP contribution in [0.25, 0.3) is 0 Å². The van der Waals surface area contributed by atoms with Gasteiger partial charge in [0.2, 0.25) is 0 Å². The van der Waals surface area contributed by atoms with Crippen molar-refractivity contribution in [2.75, 3.05) is 0 Å². The lowest BCUT2D eigenvalue weighted by Gasteiger charge is -2.60. The van der Waals surface area contributed by atoms with Gasteiger partial charge in [-0.25, -0.2) is 0 Å². The molecule has 4 aliphatic carbocycles. The first-order valence-corrected chi connectivity index (χ1v) is 12.6. The van der Waals surface area contributed by atoms with Crippen LogP contribution in [0, 0.1) is 52.3 Å². The van der Waals surface area contributed by atoms with Gasteiger partial charge in [0.05, 0.1) is 5.76 Å². The zero-order valence-electron chi connectivity index (χ0n) is 19.3. The van der Waals surface area contributed by atoms with Crippen molar-refractivity contribution in [3.05, 3.63) is 11.8 Å². The highest BCUT2D eigenvalue weighted by Crippen LogP contribution is 2.68. The van der Waals surface area contributed by atoms with Crippen LogP contribution >= 0.6 is 0 Å². The third-order valence-electron chi connectivity index (χ3n) is 10.5. The maximum absolute atomic E-state index is 10.1. The van der Waals surface area contributed by atoms with Gasteiger partial charge in [-0.05, 0) is 103 Å². The quantitative estimate of drug-likeness (QED) is 0.505. The molecule has 3 saturated carbocycles. The second kappa shape index (κ2) is 7.66. The van der Waals surface area contributed by atoms with E-state index in [0.717, 1.165) is 54.3 Å². The molecular formula is C27H46O. The molecule has 0 radical (unpaired) electrons. The zero-order valence-corrected chi connectivity index (χ0v) is 19.3. The molecule has 8 atom stereocenters. The SMILES string of the molecule is CC(C)CCC[C@@H](C)[C@H]1CCC2[C@H]3CCC4CC(O)=CC[C@]4(C)[C@@H]3CC[C@@]21C. The molecule has 0 amide bonds. The summed E-state index contributed by atoms with van der Waals surface area (Å²) in [5.74, 6) is 6.98. The molecule has 160 valence electrons. The van der Waals surface area contributed by atoms with E-state index in [1.807, 2.05) is 0 Å². The molecular weight excluding hydrogens is 340 g/mol. The maximum atomic E-state index is 10.1. The summed E-state index contributed by atoms with van der Waals surface area (Å²) in [6.45, 7) is 12.6. The molecule has 1 heteroatoms. The van der Waals surface area contributed by atoms with Crippen molar-refractivity contribution in [3.8, 4) is 0 Å². The van der Waals surface area contributed by atoms with Crippen molar-refractivity contribution in [2.45, 2.75) is 105 Å². The lowest BCUT2D eigenvalue weighted by Crippen LogP contribution is -2.52. The topological polar surface area (TPSA) is 20.2 Å². The lowest BCUT2D eigenvalue weighted by atomic mass is 9.45. The Bertz CT molecular complexity index is 591. The van der Waals surface area contributed by atoms with Crippen molar-refractivity contribution >= 4 is 0 Å². The lowest BCUT2D eigenvalue weighted by molar-refractivity contribution is -0.104. The highest BCUT2D eigenvalue weighted by Gasteiger charge is 2.60. The summed E-state index contributed by atoms with van der Waals surface area (Å²) in [6.07, 6.45) is 17.2. The van der Waals surface area contributed by atoms with Gasteiger partial charge < -0.3 is 5.11 Å². The standard InChI is InChI=1S/C27H46O/c1-18(2)7-6-8-19(3)23-11-12-24-22-10-9-20-17-21(28)13-15-26(20,4)25(22)14-16-27(23,24)5/h13,18-20,22-25,28H,6-12,14-17H2,1-5H3/t19-,20?,22-,23-,24?,25-,26+,27-/m1/s1. The van der Waals surface area contributed by atoms with Gasteiger partial charge in [0.25, 0.3) is 0 Å². The smallest absolute Gasteiger partial charge is 0.0886 e. The Labute approximate surface area is 174 Å². The molecule has 1 N–H and O–H groups in total. The summed E-state index contributed by atoms with van der Waals surface area (Å²) in [4.78, 5) is 0. The first kappa shape index (κ1) is 20.8. The molecule has 0 spiro atoms. The Hall–Kier alpha value is -0.460.